The summed E-state index contributed by atoms with van der Waals surface area (Å²) in [5.41, 5.74) is 2.72. The highest BCUT2D eigenvalue weighted by Gasteiger charge is 2.09. The minimum Gasteiger partial charge on any atom is -0.479 e. The van der Waals surface area contributed by atoms with Gasteiger partial charge in [0.2, 0.25) is 0 Å². The van der Waals surface area contributed by atoms with Crippen LogP contribution < -0.4 is 15.4 Å². The summed E-state index contributed by atoms with van der Waals surface area (Å²) in [6.07, 6.45) is 0. The van der Waals surface area contributed by atoms with Crippen LogP contribution in [0.15, 0.2) is 30.3 Å². The summed E-state index contributed by atoms with van der Waals surface area (Å²) in [5, 5.41) is 18.6. The zero-order valence-corrected chi connectivity index (χ0v) is 14.7. The number of rotatable bonds is 7. The zero-order chi connectivity index (χ0) is 18.2. The molecule has 1 heterocycles. The summed E-state index contributed by atoms with van der Waals surface area (Å²) in [5.74, 6) is 0.784. The molecule has 2 N–H and O–H groups in total. The lowest BCUT2D eigenvalue weighted by atomic mass is 10.2. The van der Waals surface area contributed by atoms with Gasteiger partial charge in [-0.3, -0.25) is 4.68 Å². The van der Waals surface area contributed by atoms with Crippen LogP contribution in [0.4, 0.5) is 10.5 Å². The Morgan fingerprint density at radius 2 is 2.20 bits per heavy atom. The van der Waals surface area contributed by atoms with Gasteiger partial charge in [0.1, 0.15) is 11.8 Å². The Hall–Kier alpha value is -3.01. The number of hydrogen-bond donors (Lipinski definition) is 2. The van der Waals surface area contributed by atoms with Gasteiger partial charge >= 0.3 is 6.03 Å². The molecule has 1 aromatic carbocycles. The Kier molecular flexibility index (Phi) is 6.40. The molecule has 2 rings (SSSR count). The standard InChI is InChI=1S/C18H23N5O2/c1-13(12-23-15(3)9-14(2)22-23)11-20-18(24)21-16-5-4-6-17(10-16)25-8-7-19/h4-6,9-10,13H,8,11-12H2,1-3H3,(H2,20,21,24)/t13-/m1/s1. The number of nitrogens with zero attached hydrogens (tertiary/aromatic N) is 3. The number of amides is 2. The second kappa shape index (κ2) is 8.73. The maximum Gasteiger partial charge on any atom is 0.319 e. The fourth-order valence-electron chi connectivity index (χ4n) is 2.44. The molecule has 0 unspecified atom stereocenters. The van der Waals surface area contributed by atoms with E-state index in [2.05, 4.69) is 22.7 Å². The van der Waals surface area contributed by atoms with Gasteiger partial charge in [0.05, 0.1) is 5.69 Å². The van der Waals surface area contributed by atoms with Crippen LogP contribution in [0.25, 0.3) is 0 Å². The Morgan fingerprint density at radius 3 is 2.88 bits per heavy atom. The van der Waals surface area contributed by atoms with Gasteiger partial charge in [-0.05, 0) is 38.0 Å². The van der Waals surface area contributed by atoms with E-state index >= 15 is 0 Å². The van der Waals surface area contributed by atoms with Crippen LogP contribution in [0.2, 0.25) is 0 Å². The summed E-state index contributed by atoms with van der Waals surface area (Å²) < 4.78 is 7.17. The van der Waals surface area contributed by atoms with Crippen LogP contribution in [0, 0.1) is 31.1 Å². The molecule has 1 aromatic heterocycles. The van der Waals surface area contributed by atoms with Crippen molar-refractivity contribution in [1.29, 1.82) is 5.26 Å². The molecular formula is C18H23N5O2. The van der Waals surface area contributed by atoms with E-state index in [1.807, 2.05) is 30.7 Å². The molecule has 0 saturated carbocycles. The minimum absolute atomic E-state index is 0.0283. The first-order valence-corrected chi connectivity index (χ1v) is 8.13. The number of aromatic nitrogens is 2. The van der Waals surface area contributed by atoms with Gasteiger partial charge in [-0.25, -0.2) is 4.79 Å². The topological polar surface area (TPSA) is 92.0 Å². The largest absolute Gasteiger partial charge is 0.479 e. The van der Waals surface area contributed by atoms with Gasteiger partial charge in [0.15, 0.2) is 6.61 Å². The molecule has 7 nitrogen and oxygen atoms in total. The van der Waals surface area contributed by atoms with E-state index in [1.165, 1.54) is 0 Å². The van der Waals surface area contributed by atoms with Crippen LogP contribution in [-0.4, -0.2) is 29.0 Å². The zero-order valence-electron chi connectivity index (χ0n) is 14.7. The average Bonchev–Trinajstić information content (AvgIpc) is 2.88. The number of benzene rings is 1. The monoisotopic (exact) mass is 341 g/mol. The number of carbonyl (C=O) groups excluding carboxylic acids is 1. The second-order valence-corrected chi connectivity index (χ2v) is 6.02. The SMILES string of the molecule is Cc1cc(C)n(C[C@H](C)CNC(=O)Nc2cccc(OCC#N)c2)n1. The highest BCUT2D eigenvalue weighted by molar-refractivity contribution is 5.89. The molecule has 0 saturated heterocycles. The minimum atomic E-state index is -0.280. The Balaban J connectivity index is 1.80. The molecule has 0 aliphatic rings. The first kappa shape index (κ1) is 18.3. The molecule has 132 valence electrons. The van der Waals surface area contributed by atoms with Crippen LogP contribution in [0.1, 0.15) is 18.3 Å². The average molecular weight is 341 g/mol. The number of aryl methyl sites for hydroxylation is 2. The van der Waals surface area contributed by atoms with Crippen LogP contribution in [0.3, 0.4) is 0 Å². The normalized spacial score (nSPS) is 11.4. The second-order valence-electron chi connectivity index (χ2n) is 6.02. The predicted molar refractivity (Wildman–Crippen MR) is 95.4 cm³/mol. The van der Waals surface area contributed by atoms with E-state index < -0.39 is 0 Å². The third-order valence-corrected chi connectivity index (χ3v) is 3.59. The maximum absolute atomic E-state index is 12.0. The number of nitrogens with one attached hydrogen (secondary N) is 2. The van der Waals surface area contributed by atoms with Gasteiger partial charge in [0, 0.05) is 30.5 Å². The Bertz CT molecular complexity index is 763. The lowest BCUT2D eigenvalue weighted by Crippen LogP contribution is -2.33. The van der Waals surface area contributed by atoms with E-state index in [4.69, 9.17) is 10.00 Å². The van der Waals surface area contributed by atoms with Crippen molar-refractivity contribution < 1.29 is 9.53 Å². The number of nitriles is 1. The van der Waals surface area contributed by atoms with E-state index in [9.17, 15) is 4.79 Å². The number of carbonyl (C=O) groups is 1. The van der Waals surface area contributed by atoms with Crippen molar-refractivity contribution in [2.75, 3.05) is 18.5 Å². The Morgan fingerprint density at radius 1 is 1.40 bits per heavy atom. The number of hydrogen-bond acceptors (Lipinski definition) is 4. The van der Waals surface area contributed by atoms with Crippen molar-refractivity contribution in [3.8, 4) is 11.8 Å². The van der Waals surface area contributed by atoms with Gasteiger partial charge in [0.25, 0.3) is 0 Å². The first-order valence-electron chi connectivity index (χ1n) is 8.13. The molecular weight excluding hydrogens is 318 g/mol. The summed E-state index contributed by atoms with van der Waals surface area (Å²) >= 11 is 0. The van der Waals surface area contributed by atoms with Crippen LogP contribution in [-0.2, 0) is 6.54 Å². The van der Waals surface area contributed by atoms with Crippen molar-refractivity contribution in [3.63, 3.8) is 0 Å². The van der Waals surface area contributed by atoms with Gasteiger partial charge in [-0.15, -0.1) is 0 Å². The van der Waals surface area contributed by atoms with Crippen LogP contribution >= 0.6 is 0 Å². The van der Waals surface area contributed by atoms with Crippen molar-refractivity contribution in [2.24, 2.45) is 5.92 Å². The highest BCUT2D eigenvalue weighted by atomic mass is 16.5. The van der Waals surface area contributed by atoms with Crippen molar-refractivity contribution in [2.45, 2.75) is 27.3 Å². The molecule has 0 aliphatic heterocycles. The quantitative estimate of drug-likeness (QED) is 0.810. The van der Waals surface area contributed by atoms with Gasteiger partial charge in [-0.1, -0.05) is 13.0 Å². The van der Waals surface area contributed by atoms with Gasteiger partial charge < -0.3 is 15.4 Å². The highest BCUT2D eigenvalue weighted by Crippen LogP contribution is 2.17. The lowest BCUT2D eigenvalue weighted by Gasteiger charge is -2.14. The van der Waals surface area contributed by atoms with E-state index in [0.29, 0.717) is 18.0 Å². The lowest BCUT2D eigenvalue weighted by molar-refractivity contribution is 0.249. The predicted octanol–water partition coefficient (Wildman–Crippen LogP) is 2.86. The van der Waals surface area contributed by atoms with Crippen LogP contribution in [0.5, 0.6) is 5.75 Å². The smallest absolute Gasteiger partial charge is 0.319 e. The summed E-state index contributed by atoms with van der Waals surface area (Å²) in [4.78, 5) is 12.0. The molecule has 0 radical (unpaired) electrons. The van der Waals surface area contributed by atoms with Crippen molar-refractivity contribution >= 4 is 11.7 Å². The Labute approximate surface area is 147 Å². The van der Waals surface area contributed by atoms with E-state index in [0.717, 1.165) is 17.9 Å². The van der Waals surface area contributed by atoms with E-state index in [-0.39, 0.29) is 18.6 Å². The molecule has 0 aliphatic carbocycles. The summed E-state index contributed by atoms with van der Waals surface area (Å²) in [6.45, 7) is 7.31. The molecule has 2 aromatic rings. The van der Waals surface area contributed by atoms with E-state index in [1.54, 1.807) is 24.3 Å². The summed E-state index contributed by atoms with van der Waals surface area (Å²) in [7, 11) is 0. The molecule has 0 bridgehead atoms. The fourth-order valence-corrected chi connectivity index (χ4v) is 2.44. The molecule has 1 atom stereocenters. The first-order chi connectivity index (χ1) is 12.0. The number of anilines is 1. The third kappa shape index (κ3) is 5.84. The number of ether oxygens (including phenoxy) is 1. The molecule has 0 spiro atoms. The number of urea groups is 1. The molecule has 0 fully saturated rings. The molecule has 25 heavy (non-hydrogen) atoms. The van der Waals surface area contributed by atoms with Gasteiger partial charge in [-0.2, -0.15) is 10.4 Å². The summed E-state index contributed by atoms with van der Waals surface area (Å²) in [6, 6.07) is 10.6. The molecule has 2 amide bonds. The maximum atomic E-state index is 12.0. The van der Waals surface area contributed by atoms with Crippen molar-refractivity contribution in [3.05, 3.63) is 41.7 Å². The van der Waals surface area contributed by atoms with Crippen molar-refractivity contribution in [1.82, 2.24) is 15.1 Å². The third-order valence-electron chi connectivity index (χ3n) is 3.59. The molecule has 7 heteroatoms. The fraction of sp³-hybridized carbons (Fsp3) is 0.389.